The second-order valence-corrected chi connectivity index (χ2v) is 10.4. The van der Waals surface area contributed by atoms with E-state index in [-0.39, 0.29) is 17.0 Å². The van der Waals surface area contributed by atoms with Crippen LogP contribution in [-0.4, -0.2) is 69.2 Å². The maximum Gasteiger partial charge on any atom is 0.490 e. The Morgan fingerprint density at radius 2 is 1.81 bits per heavy atom. The summed E-state index contributed by atoms with van der Waals surface area (Å²) >= 11 is 0. The molecule has 2 unspecified atom stereocenters. The van der Waals surface area contributed by atoms with Gasteiger partial charge in [-0.3, -0.25) is 9.09 Å². The molecule has 1 aliphatic rings. The minimum atomic E-state index is -5.73. The van der Waals surface area contributed by atoms with E-state index in [2.05, 4.69) is 28.1 Å². The lowest BCUT2D eigenvalue weighted by atomic mass is 10.1. The van der Waals surface area contributed by atoms with Gasteiger partial charge in [0.25, 0.3) is 0 Å². The number of phosphoric acid groups is 3. The summed E-state index contributed by atoms with van der Waals surface area (Å²) in [6.07, 6.45) is -4.88. The fraction of sp³-hybridized carbons (Fsp3) is 0.500. The van der Waals surface area contributed by atoms with Crippen LogP contribution in [0.5, 0.6) is 0 Å². The molecule has 1 saturated heterocycles. The van der Waals surface area contributed by atoms with Crippen molar-refractivity contribution in [2.75, 3.05) is 12.3 Å². The molecule has 0 bridgehead atoms. The quantitative estimate of drug-likeness (QED) is 0.241. The summed E-state index contributed by atoms with van der Waals surface area (Å²) in [7, 11) is -16.8. The second kappa shape index (κ2) is 8.51. The Hall–Kier alpha value is -1.39. The molecule has 1 fully saturated rings. The third-order valence-electron chi connectivity index (χ3n) is 3.77. The highest BCUT2D eigenvalue weighted by atomic mass is 31.3. The van der Waals surface area contributed by atoms with E-state index in [9.17, 15) is 28.1 Å². The van der Waals surface area contributed by atoms with Gasteiger partial charge in [0, 0.05) is 0 Å². The van der Waals surface area contributed by atoms with Gasteiger partial charge < -0.3 is 35.2 Å². The van der Waals surface area contributed by atoms with Crippen LogP contribution in [0.4, 0.5) is 10.2 Å². The number of aliphatic hydroxyl groups is 1. The van der Waals surface area contributed by atoms with Crippen LogP contribution in [-0.2, 0) is 31.6 Å². The first-order chi connectivity index (χ1) is 14.2. The smallest absolute Gasteiger partial charge is 0.387 e. The van der Waals surface area contributed by atoms with Crippen molar-refractivity contribution in [3.05, 3.63) is 12.7 Å². The molecule has 2 aromatic rings. The molecule has 0 saturated carbocycles. The number of nitrogens with two attached hydrogens (primary N) is 1. The first kappa shape index (κ1) is 24.3. The molecule has 0 spiro atoms. The van der Waals surface area contributed by atoms with Crippen LogP contribution in [0.1, 0.15) is 6.23 Å². The van der Waals surface area contributed by atoms with E-state index in [4.69, 9.17) is 25.2 Å². The molecular weight excluding hydrogens is 494 g/mol. The lowest BCUT2D eigenvalue weighted by Crippen LogP contribution is -2.31. The number of fused-ring (bicyclic) bond motifs is 1. The van der Waals surface area contributed by atoms with Crippen molar-refractivity contribution < 1.29 is 60.6 Å². The second-order valence-electron chi connectivity index (χ2n) is 5.97. The lowest BCUT2D eigenvalue weighted by molar-refractivity contribution is -0.0450. The molecule has 0 aliphatic carbocycles. The average molecular weight is 509 g/mol. The Bertz CT molecular complexity index is 1110. The van der Waals surface area contributed by atoms with Gasteiger partial charge in [-0.25, -0.2) is 33.0 Å². The van der Waals surface area contributed by atoms with Gasteiger partial charge >= 0.3 is 23.5 Å². The van der Waals surface area contributed by atoms with Crippen molar-refractivity contribution in [1.82, 2.24) is 19.5 Å². The molecule has 2 aromatic heterocycles. The zero-order valence-electron chi connectivity index (χ0n) is 14.9. The highest BCUT2D eigenvalue weighted by Crippen LogP contribution is 2.66. The SMILES string of the molecule is Nc1ncnc2c1ncn2[C@@H]1O[C@H](COP(=O)(O)OP(=O)(O)OP(=O)(O)O)[C@@H](O)[C@H]1F. The number of aliphatic hydroxyl groups excluding tert-OH is 1. The predicted molar refractivity (Wildman–Crippen MR) is 94.4 cm³/mol. The van der Waals surface area contributed by atoms with Gasteiger partial charge in [0.15, 0.2) is 23.9 Å². The number of hydrogen-bond acceptors (Lipinski definition) is 12. The summed E-state index contributed by atoms with van der Waals surface area (Å²) in [5.74, 6) is 0.00177. The minimum Gasteiger partial charge on any atom is -0.387 e. The maximum atomic E-state index is 14.6. The average Bonchev–Trinajstić information content (AvgIpc) is 3.13. The molecule has 17 nitrogen and oxygen atoms in total. The van der Waals surface area contributed by atoms with Crippen molar-refractivity contribution in [1.29, 1.82) is 0 Å². The Balaban J connectivity index is 1.69. The molecule has 31 heavy (non-hydrogen) atoms. The number of ether oxygens (including phenoxy) is 1. The van der Waals surface area contributed by atoms with Crippen molar-refractivity contribution in [3.63, 3.8) is 0 Å². The van der Waals surface area contributed by atoms with Gasteiger partial charge in [0.1, 0.15) is 24.1 Å². The first-order valence-corrected chi connectivity index (χ1v) is 12.4. The number of imidazole rings is 1. The monoisotopic (exact) mass is 509 g/mol. The Kier molecular flexibility index (Phi) is 6.66. The summed E-state index contributed by atoms with van der Waals surface area (Å²) in [5, 5.41) is 10.0. The highest BCUT2D eigenvalue weighted by Gasteiger charge is 2.48. The molecule has 0 aromatic carbocycles. The molecule has 7 N–H and O–H groups in total. The fourth-order valence-corrected chi connectivity index (χ4v) is 5.62. The van der Waals surface area contributed by atoms with Crippen molar-refractivity contribution >= 4 is 40.4 Å². The number of halogens is 1. The molecule has 21 heteroatoms. The molecule has 3 rings (SSSR count). The van der Waals surface area contributed by atoms with Crippen LogP contribution < -0.4 is 5.73 Å². The first-order valence-electron chi connectivity index (χ1n) is 7.88. The zero-order valence-corrected chi connectivity index (χ0v) is 17.5. The van der Waals surface area contributed by atoms with E-state index < -0.39 is 54.7 Å². The van der Waals surface area contributed by atoms with Gasteiger partial charge in [-0.1, -0.05) is 0 Å². The summed E-state index contributed by atoms with van der Waals surface area (Å²) in [5.41, 5.74) is 5.84. The number of phosphoric ester groups is 1. The van der Waals surface area contributed by atoms with Crippen molar-refractivity contribution in [2.24, 2.45) is 0 Å². The number of nitrogens with zero attached hydrogens (tertiary/aromatic N) is 4. The Labute approximate surface area is 171 Å². The predicted octanol–water partition coefficient (Wildman–Crippen LogP) is -0.652. The van der Waals surface area contributed by atoms with E-state index in [1.54, 1.807) is 0 Å². The summed E-state index contributed by atoms with van der Waals surface area (Å²) in [4.78, 5) is 47.0. The van der Waals surface area contributed by atoms with Crippen LogP contribution in [0.2, 0.25) is 0 Å². The molecular formula is C10H15FN5O12P3. The highest BCUT2D eigenvalue weighted by molar-refractivity contribution is 7.66. The third kappa shape index (κ3) is 5.70. The van der Waals surface area contributed by atoms with Gasteiger partial charge in [-0.2, -0.15) is 8.62 Å². The van der Waals surface area contributed by atoms with Crippen molar-refractivity contribution in [3.8, 4) is 0 Å². The summed E-state index contributed by atoms with van der Waals surface area (Å²) in [6, 6.07) is 0. The normalized spacial score (nSPS) is 28.5. The number of aromatic nitrogens is 4. The summed E-state index contributed by atoms with van der Waals surface area (Å²) < 4.78 is 66.1. The number of hydrogen-bond donors (Lipinski definition) is 6. The van der Waals surface area contributed by atoms with Crippen molar-refractivity contribution in [2.45, 2.75) is 24.6 Å². The topological polar surface area (TPSA) is 259 Å². The van der Waals surface area contributed by atoms with Crippen LogP contribution >= 0.6 is 23.5 Å². The molecule has 0 radical (unpaired) electrons. The van der Waals surface area contributed by atoms with Gasteiger partial charge in [-0.15, -0.1) is 0 Å². The standard InChI is InChI=1S/C10H15FN5O12P3/c11-5-7(17)4(1-25-30(21,22)28-31(23,24)27-29(18,19)20)26-10(5)16-3-15-6-8(12)13-2-14-9(6)16/h2-5,7,10,17H,1H2,(H,21,22)(H,23,24)(H2,12,13,14)(H2,18,19,20)/t4-,5-,7-,10-/m1/s1. The van der Waals surface area contributed by atoms with Gasteiger partial charge in [0.2, 0.25) is 0 Å². The van der Waals surface area contributed by atoms with Gasteiger partial charge in [0.05, 0.1) is 12.9 Å². The lowest BCUT2D eigenvalue weighted by Gasteiger charge is -2.19. The number of alkyl halides is 1. The fourth-order valence-electron chi connectivity index (χ4n) is 2.59. The number of anilines is 1. The molecule has 1 aliphatic heterocycles. The summed E-state index contributed by atoms with van der Waals surface area (Å²) in [6.45, 7) is -1.04. The third-order valence-corrected chi connectivity index (χ3v) is 7.58. The Morgan fingerprint density at radius 3 is 2.45 bits per heavy atom. The van der Waals surface area contributed by atoms with E-state index in [1.165, 1.54) is 0 Å². The number of nitrogen functional groups attached to an aromatic ring is 1. The zero-order chi connectivity index (χ0) is 23.2. The largest absolute Gasteiger partial charge is 0.490 e. The maximum absolute atomic E-state index is 14.6. The van der Waals surface area contributed by atoms with Crippen LogP contribution in [0.3, 0.4) is 0 Å². The van der Waals surface area contributed by atoms with E-state index >= 15 is 0 Å². The van der Waals surface area contributed by atoms with Gasteiger partial charge in [-0.05, 0) is 0 Å². The van der Waals surface area contributed by atoms with E-state index in [0.717, 1.165) is 17.2 Å². The molecule has 174 valence electrons. The van der Waals surface area contributed by atoms with Crippen LogP contribution in [0.25, 0.3) is 11.2 Å². The van der Waals surface area contributed by atoms with E-state index in [1.807, 2.05) is 0 Å². The van der Waals surface area contributed by atoms with E-state index in [0.29, 0.717) is 0 Å². The van der Waals surface area contributed by atoms with Crippen LogP contribution in [0, 0.1) is 0 Å². The number of rotatable bonds is 8. The molecule has 6 atom stereocenters. The minimum absolute atomic E-state index is 0.00177. The molecule has 3 heterocycles. The Morgan fingerprint density at radius 1 is 1.13 bits per heavy atom. The molecule has 0 amide bonds. The van der Waals surface area contributed by atoms with Crippen LogP contribution in [0.15, 0.2) is 12.7 Å².